The third-order valence-corrected chi connectivity index (χ3v) is 7.10. The fourth-order valence-electron chi connectivity index (χ4n) is 5.06. The highest BCUT2D eigenvalue weighted by atomic mass is 16.1. The first kappa shape index (κ1) is 23.2. The normalized spacial score (nSPS) is 11.7. The maximum atomic E-state index is 13.9. The van der Waals surface area contributed by atoms with E-state index >= 15 is 0 Å². The smallest absolute Gasteiger partial charge is 0.199 e. The Labute approximate surface area is 204 Å². The summed E-state index contributed by atoms with van der Waals surface area (Å²) >= 11 is 0. The zero-order valence-electron chi connectivity index (χ0n) is 20.8. The second kappa shape index (κ2) is 9.57. The third kappa shape index (κ3) is 4.09. The van der Waals surface area contributed by atoms with E-state index in [4.69, 9.17) is 0 Å². The maximum Gasteiger partial charge on any atom is 0.199 e. The number of hydrogen-bond acceptors (Lipinski definition) is 3. The molecule has 2 N–H and O–H groups in total. The van der Waals surface area contributed by atoms with Crippen molar-refractivity contribution in [1.29, 1.82) is 0 Å². The van der Waals surface area contributed by atoms with Gasteiger partial charge in [0.25, 0.3) is 0 Å². The molecule has 35 heavy (non-hydrogen) atoms. The molecule has 0 fully saturated rings. The second-order valence-electron chi connectivity index (χ2n) is 9.48. The van der Waals surface area contributed by atoms with E-state index in [1.165, 1.54) is 0 Å². The minimum absolute atomic E-state index is 0.00604. The van der Waals surface area contributed by atoms with Crippen LogP contribution in [0.1, 0.15) is 52.0 Å². The van der Waals surface area contributed by atoms with E-state index < -0.39 is 0 Å². The molecule has 0 aliphatic carbocycles. The molecule has 0 radical (unpaired) electrons. The predicted octanol–water partition coefficient (Wildman–Crippen LogP) is 6.65. The summed E-state index contributed by atoms with van der Waals surface area (Å²) in [7, 11) is 0. The van der Waals surface area contributed by atoms with Gasteiger partial charge in [-0.25, -0.2) is 0 Å². The number of pyridine rings is 2. The number of nitrogens with one attached hydrogen (secondary N) is 2. The minimum atomic E-state index is -0.00838. The molecule has 0 aliphatic heterocycles. The van der Waals surface area contributed by atoms with Crippen LogP contribution in [0.2, 0.25) is 0 Å². The van der Waals surface area contributed by atoms with Crippen LogP contribution in [-0.4, -0.2) is 23.1 Å². The molecule has 5 nitrogen and oxygen atoms in total. The number of nitrogens with zero attached hydrogens (tertiary/aromatic N) is 1. The number of aryl methyl sites for hydroxylation is 1. The highest BCUT2D eigenvalue weighted by Gasteiger charge is 2.16. The topological polar surface area (TPSA) is 69.0 Å². The molecule has 0 amide bonds. The van der Waals surface area contributed by atoms with Crippen molar-refractivity contribution in [3.05, 3.63) is 74.5 Å². The van der Waals surface area contributed by atoms with Crippen molar-refractivity contribution in [2.45, 2.75) is 52.9 Å². The van der Waals surface area contributed by atoms with Gasteiger partial charge in [0, 0.05) is 34.8 Å². The van der Waals surface area contributed by atoms with Crippen LogP contribution in [0.4, 0.5) is 5.69 Å². The van der Waals surface area contributed by atoms with Gasteiger partial charge in [-0.2, -0.15) is 0 Å². The van der Waals surface area contributed by atoms with Crippen molar-refractivity contribution in [2.24, 2.45) is 0 Å². The summed E-state index contributed by atoms with van der Waals surface area (Å²) in [6.07, 6.45) is 5.27. The van der Waals surface area contributed by atoms with Gasteiger partial charge in [-0.05, 0) is 61.2 Å². The molecule has 5 heteroatoms. The lowest BCUT2D eigenvalue weighted by atomic mass is 10.0. The van der Waals surface area contributed by atoms with E-state index in [2.05, 4.69) is 41.7 Å². The molecule has 5 aromatic rings. The van der Waals surface area contributed by atoms with Gasteiger partial charge < -0.3 is 14.9 Å². The summed E-state index contributed by atoms with van der Waals surface area (Å²) in [4.78, 5) is 36.5. The Morgan fingerprint density at radius 2 is 1.31 bits per heavy atom. The van der Waals surface area contributed by atoms with E-state index in [1.807, 2.05) is 42.5 Å². The van der Waals surface area contributed by atoms with Crippen LogP contribution in [0, 0.1) is 0 Å². The lowest BCUT2D eigenvalue weighted by molar-refractivity contribution is 0.679. The fraction of sp³-hybridized carbons (Fsp3) is 0.333. The lowest BCUT2D eigenvalue weighted by Gasteiger charge is -2.26. The Morgan fingerprint density at radius 1 is 0.686 bits per heavy atom. The molecule has 0 unspecified atom stereocenters. The predicted molar refractivity (Wildman–Crippen MR) is 149 cm³/mol. The van der Waals surface area contributed by atoms with Crippen molar-refractivity contribution in [3.63, 3.8) is 0 Å². The Bertz CT molecular complexity index is 1650. The van der Waals surface area contributed by atoms with Crippen LogP contribution < -0.4 is 15.8 Å². The van der Waals surface area contributed by atoms with E-state index in [-0.39, 0.29) is 10.9 Å². The van der Waals surface area contributed by atoms with Crippen molar-refractivity contribution in [3.8, 4) is 0 Å². The van der Waals surface area contributed by atoms with Crippen molar-refractivity contribution >= 4 is 49.3 Å². The minimum Gasteiger partial charge on any atom is -0.371 e. The third-order valence-electron chi connectivity index (χ3n) is 7.10. The van der Waals surface area contributed by atoms with Gasteiger partial charge in [0.15, 0.2) is 10.9 Å². The van der Waals surface area contributed by atoms with Crippen LogP contribution in [0.3, 0.4) is 0 Å². The molecule has 0 saturated carbocycles. The van der Waals surface area contributed by atoms with E-state index in [0.29, 0.717) is 27.2 Å². The molecule has 180 valence electrons. The summed E-state index contributed by atoms with van der Waals surface area (Å²) in [6, 6.07) is 15.7. The van der Waals surface area contributed by atoms with Gasteiger partial charge in [0.2, 0.25) is 0 Å². The quantitative estimate of drug-likeness (QED) is 0.251. The van der Waals surface area contributed by atoms with Gasteiger partial charge in [-0.15, -0.1) is 0 Å². The highest BCUT2D eigenvalue weighted by Crippen LogP contribution is 2.28. The number of benzene rings is 3. The summed E-state index contributed by atoms with van der Waals surface area (Å²) < 4.78 is 0. The number of anilines is 1. The van der Waals surface area contributed by atoms with E-state index in [9.17, 15) is 9.59 Å². The Kier molecular flexibility index (Phi) is 6.33. The summed E-state index contributed by atoms with van der Waals surface area (Å²) in [5.74, 6) is 0. The Morgan fingerprint density at radius 3 is 1.97 bits per heavy atom. The molecule has 2 heterocycles. The molecule has 0 saturated heterocycles. The molecule has 0 atom stereocenters. The molecule has 0 bridgehead atoms. The number of H-pyrrole nitrogens is 2. The summed E-state index contributed by atoms with van der Waals surface area (Å²) in [6.45, 7) is 8.34. The van der Waals surface area contributed by atoms with Crippen LogP contribution in [0.5, 0.6) is 0 Å². The number of aromatic amines is 2. The highest BCUT2D eigenvalue weighted by molar-refractivity contribution is 6.05. The average molecular weight is 468 g/mol. The molecular weight excluding hydrogens is 434 g/mol. The first-order valence-electron chi connectivity index (χ1n) is 12.9. The number of unbranched alkanes of at least 4 members (excludes halogenated alkanes) is 2. The molecule has 5 rings (SSSR count). The van der Waals surface area contributed by atoms with E-state index in [1.54, 1.807) is 0 Å². The van der Waals surface area contributed by atoms with Crippen LogP contribution in [0.25, 0.3) is 43.6 Å². The molecule has 0 aliphatic rings. The number of hydrogen-bond donors (Lipinski definition) is 2. The fourth-order valence-corrected chi connectivity index (χ4v) is 5.06. The van der Waals surface area contributed by atoms with Gasteiger partial charge in [0.05, 0.1) is 27.6 Å². The molecule has 0 spiro atoms. The number of fused-ring (bicyclic) bond motifs is 4. The average Bonchev–Trinajstić information content (AvgIpc) is 2.88. The van der Waals surface area contributed by atoms with E-state index in [0.717, 1.165) is 72.9 Å². The maximum absolute atomic E-state index is 13.9. The number of aromatic nitrogens is 2. The van der Waals surface area contributed by atoms with Gasteiger partial charge in [-0.1, -0.05) is 45.7 Å². The zero-order chi connectivity index (χ0) is 24.5. The Balaban J connectivity index is 1.77. The lowest BCUT2D eigenvalue weighted by Crippen LogP contribution is -2.27. The van der Waals surface area contributed by atoms with Crippen LogP contribution in [0.15, 0.2) is 58.1 Å². The molecule has 3 aromatic carbocycles. The zero-order valence-corrected chi connectivity index (χ0v) is 20.8. The van der Waals surface area contributed by atoms with Crippen LogP contribution >= 0.6 is 0 Å². The molecule has 2 aromatic heterocycles. The number of rotatable bonds is 8. The first-order valence-corrected chi connectivity index (χ1v) is 12.9. The standard InChI is InChI=1S/C30H33N3O2/c1-4-7-14-33(15-8-5-2)27-11-9-10-24-28(27)30(35)22-18-25-21(17-26(22)32-24)29(34)20-16-19(6-3)12-13-23(20)31-25/h9-13,16-18H,4-8,14-15H2,1-3H3,(H,31,34)(H,32,35). The molecular formula is C30H33N3O2. The second-order valence-corrected chi connectivity index (χ2v) is 9.48. The Hall–Kier alpha value is -3.60. The van der Waals surface area contributed by atoms with Gasteiger partial charge in [-0.3, -0.25) is 9.59 Å². The first-order chi connectivity index (χ1) is 17.0. The van der Waals surface area contributed by atoms with Crippen molar-refractivity contribution < 1.29 is 0 Å². The van der Waals surface area contributed by atoms with Crippen molar-refractivity contribution in [1.82, 2.24) is 9.97 Å². The van der Waals surface area contributed by atoms with Gasteiger partial charge in [0.1, 0.15) is 0 Å². The summed E-state index contributed by atoms with van der Waals surface area (Å²) in [5, 5.41) is 2.60. The van der Waals surface area contributed by atoms with Gasteiger partial charge >= 0.3 is 0 Å². The van der Waals surface area contributed by atoms with Crippen LogP contribution in [-0.2, 0) is 6.42 Å². The summed E-state index contributed by atoms with van der Waals surface area (Å²) in [5.41, 5.74) is 5.10. The largest absolute Gasteiger partial charge is 0.371 e. The SMILES string of the molecule is CCCCN(CCCC)c1cccc2[nH]c3cc4c(=O)c5cc(CC)ccc5[nH]c4cc3c(=O)c12. The van der Waals surface area contributed by atoms with Crippen molar-refractivity contribution in [2.75, 3.05) is 18.0 Å². The monoisotopic (exact) mass is 467 g/mol.